The molecule has 3 rings (SSSR count). The molecular formula is C15H21N3O. The standard InChI is InChI=1S/C15H21N3O/c1-11-5-6-18(2)9-13(11)10-19-14-3-4-15-12(7-14)8-16-17-15/h3-4,7-8,11,13H,5-6,9-10H2,1-2H3,(H,16,17). The lowest BCUT2D eigenvalue weighted by Gasteiger charge is -2.34. The molecule has 1 aliphatic rings. The third-order valence-corrected chi connectivity index (χ3v) is 4.19. The molecule has 0 spiro atoms. The maximum absolute atomic E-state index is 5.97. The van der Waals surface area contributed by atoms with Crippen molar-refractivity contribution in [1.29, 1.82) is 0 Å². The first kappa shape index (κ1) is 12.5. The monoisotopic (exact) mass is 259 g/mol. The van der Waals surface area contributed by atoms with E-state index < -0.39 is 0 Å². The van der Waals surface area contributed by atoms with Crippen LogP contribution >= 0.6 is 0 Å². The smallest absolute Gasteiger partial charge is 0.120 e. The Bertz CT molecular complexity index is 551. The van der Waals surface area contributed by atoms with Crippen molar-refractivity contribution in [2.45, 2.75) is 13.3 Å². The Morgan fingerprint density at radius 1 is 1.47 bits per heavy atom. The Morgan fingerprint density at radius 2 is 2.37 bits per heavy atom. The van der Waals surface area contributed by atoms with E-state index in [0.29, 0.717) is 5.92 Å². The van der Waals surface area contributed by atoms with Crippen LogP contribution in [0.5, 0.6) is 5.75 Å². The number of aromatic nitrogens is 2. The largest absolute Gasteiger partial charge is 0.493 e. The first-order chi connectivity index (χ1) is 9.22. The van der Waals surface area contributed by atoms with Gasteiger partial charge in [0.25, 0.3) is 0 Å². The molecule has 2 aromatic rings. The molecule has 0 saturated carbocycles. The maximum Gasteiger partial charge on any atom is 0.120 e. The molecule has 2 unspecified atom stereocenters. The number of piperidine rings is 1. The van der Waals surface area contributed by atoms with Gasteiger partial charge in [-0.05, 0) is 44.1 Å². The summed E-state index contributed by atoms with van der Waals surface area (Å²) in [6.07, 6.45) is 3.10. The van der Waals surface area contributed by atoms with Gasteiger partial charge in [-0.3, -0.25) is 5.10 Å². The lowest BCUT2D eigenvalue weighted by Crippen LogP contribution is -2.39. The highest BCUT2D eigenvalue weighted by Gasteiger charge is 2.24. The number of benzene rings is 1. The van der Waals surface area contributed by atoms with Crippen LogP contribution in [-0.2, 0) is 0 Å². The summed E-state index contributed by atoms with van der Waals surface area (Å²) in [5, 5.41) is 8.08. The number of nitrogens with zero attached hydrogens (tertiary/aromatic N) is 2. The summed E-state index contributed by atoms with van der Waals surface area (Å²) < 4.78 is 5.97. The van der Waals surface area contributed by atoms with Crippen LogP contribution in [0.15, 0.2) is 24.4 Å². The Labute approximate surface area is 113 Å². The van der Waals surface area contributed by atoms with Crippen molar-refractivity contribution in [3.05, 3.63) is 24.4 Å². The fourth-order valence-electron chi connectivity index (χ4n) is 2.76. The summed E-state index contributed by atoms with van der Waals surface area (Å²) in [6.45, 7) is 5.48. The summed E-state index contributed by atoms with van der Waals surface area (Å²) in [5.41, 5.74) is 1.05. The second kappa shape index (κ2) is 5.21. The third-order valence-electron chi connectivity index (χ3n) is 4.19. The number of fused-ring (bicyclic) bond motifs is 1. The Morgan fingerprint density at radius 3 is 3.26 bits per heavy atom. The Kier molecular flexibility index (Phi) is 3.42. The molecule has 1 fully saturated rings. The number of ether oxygens (including phenoxy) is 1. The van der Waals surface area contributed by atoms with E-state index in [4.69, 9.17) is 4.74 Å². The molecule has 1 aromatic heterocycles. The van der Waals surface area contributed by atoms with Crippen molar-refractivity contribution in [3.8, 4) is 5.75 Å². The molecule has 1 aromatic carbocycles. The molecule has 2 heterocycles. The predicted octanol–water partition coefficient (Wildman–Crippen LogP) is 2.53. The molecule has 4 heteroatoms. The Balaban J connectivity index is 1.64. The number of rotatable bonds is 3. The summed E-state index contributed by atoms with van der Waals surface area (Å²) in [5.74, 6) is 2.31. The molecule has 4 nitrogen and oxygen atoms in total. The van der Waals surface area contributed by atoms with E-state index in [0.717, 1.165) is 35.7 Å². The van der Waals surface area contributed by atoms with Crippen LogP contribution in [0.25, 0.3) is 10.9 Å². The van der Waals surface area contributed by atoms with Crippen LogP contribution in [0.1, 0.15) is 13.3 Å². The van der Waals surface area contributed by atoms with Gasteiger partial charge >= 0.3 is 0 Å². The van der Waals surface area contributed by atoms with E-state index in [2.05, 4.69) is 35.1 Å². The summed E-state index contributed by atoms with van der Waals surface area (Å²) in [6, 6.07) is 6.09. The van der Waals surface area contributed by atoms with Gasteiger partial charge < -0.3 is 9.64 Å². The number of hydrogen-bond acceptors (Lipinski definition) is 3. The number of aromatic amines is 1. The van der Waals surface area contributed by atoms with Crippen LogP contribution in [0, 0.1) is 11.8 Å². The van der Waals surface area contributed by atoms with Gasteiger partial charge in [-0.1, -0.05) is 6.92 Å². The highest BCUT2D eigenvalue weighted by atomic mass is 16.5. The second-order valence-electron chi connectivity index (χ2n) is 5.72. The van der Waals surface area contributed by atoms with Gasteiger partial charge in [0.05, 0.1) is 18.3 Å². The van der Waals surface area contributed by atoms with Gasteiger partial charge in [-0.2, -0.15) is 5.10 Å². The zero-order valence-corrected chi connectivity index (χ0v) is 11.6. The minimum atomic E-state index is 0.624. The topological polar surface area (TPSA) is 41.1 Å². The molecule has 1 saturated heterocycles. The fourth-order valence-corrected chi connectivity index (χ4v) is 2.76. The summed E-state index contributed by atoms with van der Waals surface area (Å²) in [4.78, 5) is 2.40. The summed E-state index contributed by atoms with van der Waals surface area (Å²) >= 11 is 0. The average Bonchev–Trinajstić information content (AvgIpc) is 2.87. The summed E-state index contributed by atoms with van der Waals surface area (Å²) in [7, 11) is 2.19. The minimum Gasteiger partial charge on any atom is -0.493 e. The highest BCUT2D eigenvalue weighted by molar-refractivity contribution is 5.79. The molecule has 0 radical (unpaired) electrons. The van der Waals surface area contributed by atoms with Gasteiger partial charge in [0, 0.05) is 17.8 Å². The van der Waals surface area contributed by atoms with Crippen molar-refractivity contribution in [2.24, 2.45) is 11.8 Å². The van der Waals surface area contributed by atoms with Gasteiger partial charge in [-0.15, -0.1) is 0 Å². The first-order valence-electron chi connectivity index (χ1n) is 6.97. The minimum absolute atomic E-state index is 0.624. The molecule has 0 amide bonds. The molecule has 1 aliphatic heterocycles. The number of nitrogens with one attached hydrogen (secondary N) is 1. The fraction of sp³-hybridized carbons (Fsp3) is 0.533. The second-order valence-corrected chi connectivity index (χ2v) is 5.72. The van der Waals surface area contributed by atoms with E-state index >= 15 is 0 Å². The average molecular weight is 259 g/mol. The highest BCUT2D eigenvalue weighted by Crippen LogP contribution is 2.24. The lowest BCUT2D eigenvalue weighted by atomic mass is 9.88. The number of likely N-dealkylation sites (tertiary alicyclic amines) is 1. The van der Waals surface area contributed by atoms with Crippen LogP contribution in [0.3, 0.4) is 0 Å². The molecule has 19 heavy (non-hydrogen) atoms. The van der Waals surface area contributed by atoms with E-state index in [-0.39, 0.29) is 0 Å². The van der Waals surface area contributed by atoms with Crippen LogP contribution < -0.4 is 4.74 Å². The third kappa shape index (κ3) is 2.73. The van der Waals surface area contributed by atoms with Gasteiger partial charge in [0.2, 0.25) is 0 Å². The van der Waals surface area contributed by atoms with E-state index in [1.165, 1.54) is 13.0 Å². The maximum atomic E-state index is 5.97. The predicted molar refractivity (Wildman–Crippen MR) is 76.4 cm³/mol. The van der Waals surface area contributed by atoms with Gasteiger partial charge in [0.15, 0.2) is 0 Å². The molecule has 0 bridgehead atoms. The first-order valence-corrected chi connectivity index (χ1v) is 6.97. The quantitative estimate of drug-likeness (QED) is 0.921. The molecule has 2 atom stereocenters. The number of H-pyrrole nitrogens is 1. The Hall–Kier alpha value is -1.55. The van der Waals surface area contributed by atoms with Gasteiger partial charge in [-0.25, -0.2) is 0 Å². The van der Waals surface area contributed by atoms with Crippen molar-refractivity contribution in [1.82, 2.24) is 15.1 Å². The van der Waals surface area contributed by atoms with Gasteiger partial charge in [0.1, 0.15) is 5.75 Å². The SMILES string of the molecule is CC1CCN(C)CC1COc1ccc2[nH]ncc2c1. The molecular weight excluding hydrogens is 238 g/mol. The van der Waals surface area contributed by atoms with Crippen molar-refractivity contribution < 1.29 is 4.74 Å². The van der Waals surface area contributed by atoms with E-state index in [1.54, 1.807) is 0 Å². The zero-order valence-electron chi connectivity index (χ0n) is 11.6. The van der Waals surface area contributed by atoms with E-state index in [9.17, 15) is 0 Å². The molecule has 1 N–H and O–H groups in total. The van der Waals surface area contributed by atoms with Crippen molar-refractivity contribution >= 4 is 10.9 Å². The van der Waals surface area contributed by atoms with Crippen molar-refractivity contribution in [2.75, 3.05) is 26.7 Å². The van der Waals surface area contributed by atoms with E-state index in [1.807, 2.05) is 18.3 Å². The molecule has 0 aliphatic carbocycles. The lowest BCUT2D eigenvalue weighted by molar-refractivity contribution is 0.105. The normalized spacial score (nSPS) is 24.7. The van der Waals surface area contributed by atoms with Crippen LogP contribution in [0.4, 0.5) is 0 Å². The van der Waals surface area contributed by atoms with Crippen LogP contribution in [0.2, 0.25) is 0 Å². The number of hydrogen-bond donors (Lipinski definition) is 1. The van der Waals surface area contributed by atoms with Crippen LogP contribution in [-0.4, -0.2) is 41.8 Å². The van der Waals surface area contributed by atoms with Crippen molar-refractivity contribution in [3.63, 3.8) is 0 Å². The zero-order chi connectivity index (χ0) is 13.2. The molecule has 102 valence electrons.